The minimum Gasteiger partial charge on any atom is -0.380 e. The van der Waals surface area contributed by atoms with Crippen molar-refractivity contribution in [3.63, 3.8) is 0 Å². The first-order chi connectivity index (χ1) is 13.2. The molecule has 1 N–H and O–H groups in total. The molecular formula is C19H23N5O2S. The standard InChI is InChI=1S/C19H23N5O2S/c1-13-15(2-3-18(22-13)23-19-21-8-17(7-20)27-19)6-14-9-24(4-5-25-10-14)16-11-26-12-16/h2-3,8,14,16H,4-6,9-12H2,1H3,(H,21,22,23)/t14-/m1/s1. The summed E-state index contributed by atoms with van der Waals surface area (Å²) in [5.74, 6) is 1.21. The molecule has 8 heteroatoms. The Morgan fingerprint density at radius 2 is 2.22 bits per heavy atom. The minimum atomic E-state index is 0.463. The van der Waals surface area contributed by atoms with Crippen molar-refractivity contribution in [3.8, 4) is 6.07 Å². The van der Waals surface area contributed by atoms with Gasteiger partial charge in [-0.1, -0.05) is 17.4 Å². The van der Waals surface area contributed by atoms with Crippen molar-refractivity contribution in [2.24, 2.45) is 5.92 Å². The smallest absolute Gasteiger partial charge is 0.189 e. The van der Waals surface area contributed by atoms with E-state index >= 15 is 0 Å². The number of nitriles is 1. The second-order valence-corrected chi connectivity index (χ2v) is 8.07. The van der Waals surface area contributed by atoms with Crippen LogP contribution >= 0.6 is 11.3 Å². The van der Waals surface area contributed by atoms with Gasteiger partial charge in [-0.15, -0.1) is 0 Å². The zero-order valence-corrected chi connectivity index (χ0v) is 16.2. The highest BCUT2D eigenvalue weighted by Gasteiger charge is 2.29. The Labute approximate surface area is 163 Å². The van der Waals surface area contributed by atoms with Crippen LogP contribution in [0.15, 0.2) is 18.3 Å². The predicted molar refractivity (Wildman–Crippen MR) is 103 cm³/mol. The number of hydrogen-bond acceptors (Lipinski definition) is 8. The molecule has 0 bridgehead atoms. The molecule has 0 aliphatic carbocycles. The summed E-state index contributed by atoms with van der Waals surface area (Å²) in [6.07, 6.45) is 2.53. The Balaban J connectivity index is 1.40. The van der Waals surface area contributed by atoms with E-state index in [9.17, 15) is 0 Å². The van der Waals surface area contributed by atoms with Gasteiger partial charge in [0, 0.05) is 18.8 Å². The van der Waals surface area contributed by atoms with Gasteiger partial charge in [0.05, 0.1) is 38.7 Å². The van der Waals surface area contributed by atoms with E-state index in [0.717, 1.165) is 57.4 Å². The van der Waals surface area contributed by atoms with Crippen LogP contribution < -0.4 is 5.32 Å². The third-order valence-electron chi connectivity index (χ3n) is 5.06. The van der Waals surface area contributed by atoms with Crippen LogP contribution in [0.2, 0.25) is 0 Å². The van der Waals surface area contributed by atoms with Crippen LogP contribution in [-0.2, 0) is 15.9 Å². The minimum absolute atomic E-state index is 0.463. The summed E-state index contributed by atoms with van der Waals surface area (Å²) in [7, 11) is 0. The maximum atomic E-state index is 8.90. The molecule has 4 heterocycles. The molecule has 0 aromatic carbocycles. The molecular weight excluding hydrogens is 362 g/mol. The van der Waals surface area contributed by atoms with Crippen molar-refractivity contribution in [2.45, 2.75) is 19.4 Å². The molecule has 0 saturated carbocycles. The number of aryl methyl sites for hydroxylation is 1. The van der Waals surface area contributed by atoms with Crippen molar-refractivity contribution in [1.82, 2.24) is 14.9 Å². The lowest BCUT2D eigenvalue weighted by molar-refractivity contribution is -0.0667. The van der Waals surface area contributed by atoms with E-state index in [4.69, 9.17) is 14.7 Å². The SMILES string of the molecule is Cc1nc(Nc2ncc(C#N)s2)ccc1C[C@H]1COCCN(C2COC2)C1. The summed E-state index contributed by atoms with van der Waals surface area (Å²) in [5.41, 5.74) is 2.26. The second-order valence-electron chi connectivity index (χ2n) is 7.04. The topological polar surface area (TPSA) is 83.3 Å². The normalized spacial score (nSPS) is 21.3. The summed E-state index contributed by atoms with van der Waals surface area (Å²) in [6, 6.07) is 6.76. The largest absolute Gasteiger partial charge is 0.380 e. The highest BCUT2D eigenvalue weighted by Crippen LogP contribution is 2.24. The number of nitrogens with one attached hydrogen (secondary N) is 1. The number of ether oxygens (including phenoxy) is 2. The van der Waals surface area contributed by atoms with E-state index in [-0.39, 0.29) is 0 Å². The molecule has 0 radical (unpaired) electrons. The lowest BCUT2D eigenvalue weighted by atomic mass is 9.98. The highest BCUT2D eigenvalue weighted by atomic mass is 32.1. The van der Waals surface area contributed by atoms with Crippen LogP contribution in [0.4, 0.5) is 10.9 Å². The molecule has 27 heavy (non-hydrogen) atoms. The summed E-state index contributed by atoms with van der Waals surface area (Å²) >= 11 is 1.32. The lowest BCUT2D eigenvalue weighted by Gasteiger charge is -2.37. The van der Waals surface area contributed by atoms with Crippen LogP contribution in [0, 0.1) is 24.2 Å². The van der Waals surface area contributed by atoms with Gasteiger partial charge in [0.15, 0.2) is 5.13 Å². The van der Waals surface area contributed by atoms with Gasteiger partial charge in [0.2, 0.25) is 0 Å². The monoisotopic (exact) mass is 385 g/mol. The van der Waals surface area contributed by atoms with Gasteiger partial charge in [-0.2, -0.15) is 5.26 Å². The van der Waals surface area contributed by atoms with Gasteiger partial charge < -0.3 is 14.8 Å². The van der Waals surface area contributed by atoms with Crippen molar-refractivity contribution < 1.29 is 9.47 Å². The van der Waals surface area contributed by atoms with E-state index in [0.29, 0.717) is 22.0 Å². The van der Waals surface area contributed by atoms with Crippen LogP contribution in [0.5, 0.6) is 0 Å². The summed E-state index contributed by atoms with van der Waals surface area (Å²) in [5, 5.41) is 12.8. The summed E-state index contributed by atoms with van der Waals surface area (Å²) in [6.45, 7) is 7.35. The van der Waals surface area contributed by atoms with Crippen molar-refractivity contribution in [1.29, 1.82) is 5.26 Å². The summed E-state index contributed by atoms with van der Waals surface area (Å²) < 4.78 is 11.2. The molecule has 0 spiro atoms. The van der Waals surface area contributed by atoms with E-state index in [1.165, 1.54) is 16.9 Å². The zero-order chi connectivity index (χ0) is 18.6. The van der Waals surface area contributed by atoms with Crippen LogP contribution in [-0.4, -0.2) is 60.4 Å². The number of hydrogen-bond donors (Lipinski definition) is 1. The molecule has 0 amide bonds. The molecule has 4 rings (SSSR count). The Bertz CT molecular complexity index is 830. The van der Waals surface area contributed by atoms with Crippen LogP contribution in [0.25, 0.3) is 0 Å². The van der Waals surface area contributed by atoms with Crippen molar-refractivity contribution in [3.05, 3.63) is 34.5 Å². The molecule has 142 valence electrons. The molecule has 2 aliphatic heterocycles. The molecule has 0 unspecified atom stereocenters. The first-order valence-electron chi connectivity index (χ1n) is 9.20. The molecule has 7 nitrogen and oxygen atoms in total. The molecule has 2 saturated heterocycles. The fourth-order valence-electron chi connectivity index (χ4n) is 3.48. The fraction of sp³-hybridized carbons (Fsp3) is 0.526. The average molecular weight is 385 g/mol. The number of anilines is 2. The number of pyridine rings is 1. The molecule has 2 fully saturated rings. The van der Waals surface area contributed by atoms with Gasteiger partial charge in [-0.05, 0) is 30.9 Å². The second kappa shape index (κ2) is 8.31. The highest BCUT2D eigenvalue weighted by molar-refractivity contribution is 7.16. The van der Waals surface area contributed by atoms with Crippen molar-refractivity contribution >= 4 is 22.3 Å². The Morgan fingerprint density at radius 3 is 2.93 bits per heavy atom. The number of rotatable bonds is 5. The van der Waals surface area contributed by atoms with E-state index in [1.54, 1.807) is 6.20 Å². The van der Waals surface area contributed by atoms with Gasteiger partial charge in [0.1, 0.15) is 16.8 Å². The van der Waals surface area contributed by atoms with Crippen LogP contribution in [0.3, 0.4) is 0 Å². The number of nitrogens with zero attached hydrogens (tertiary/aromatic N) is 4. The van der Waals surface area contributed by atoms with Crippen molar-refractivity contribution in [2.75, 3.05) is 44.8 Å². The maximum Gasteiger partial charge on any atom is 0.189 e. The van der Waals surface area contributed by atoms with Gasteiger partial charge in [-0.3, -0.25) is 4.90 Å². The molecule has 2 aromatic rings. The fourth-order valence-corrected chi connectivity index (χ4v) is 4.10. The first-order valence-corrected chi connectivity index (χ1v) is 10.0. The Kier molecular flexibility index (Phi) is 5.64. The quantitative estimate of drug-likeness (QED) is 0.846. The maximum absolute atomic E-state index is 8.90. The average Bonchev–Trinajstić information content (AvgIpc) is 2.94. The predicted octanol–water partition coefficient (Wildman–Crippen LogP) is 2.35. The molecule has 2 aromatic heterocycles. The lowest BCUT2D eigenvalue weighted by Crippen LogP contribution is -2.51. The van der Waals surface area contributed by atoms with Gasteiger partial charge in [-0.25, -0.2) is 9.97 Å². The van der Waals surface area contributed by atoms with Gasteiger partial charge in [0.25, 0.3) is 0 Å². The van der Waals surface area contributed by atoms with Gasteiger partial charge >= 0.3 is 0 Å². The van der Waals surface area contributed by atoms with E-state index in [1.807, 2.05) is 13.0 Å². The third-order valence-corrected chi connectivity index (χ3v) is 5.88. The number of aromatic nitrogens is 2. The zero-order valence-electron chi connectivity index (χ0n) is 15.4. The molecule has 1 atom stereocenters. The molecule has 2 aliphatic rings. The van der Waals surface area contributed by atoms with Crippen LogP contribution in [0.1, 0.15) is 16.1 Å². The number of thiazole rings is 1. The first kappa shape index (κ1) is 18.3. The van der Waals surface area contributed by atoms with E-state index < -0.39 is 0 Å². The third kappa shape index (κ3) is 4.45. The Hall–Kier alpha value is -2.05. The summed E-state index contributed by atoms with van der Waals surface area (Å²) in [4.78, 5) is 12.0. The Morgan fingerprint density at radius 1 is 1.33 bits per heavy atom. The van der Waals surface area contributed by atoms with E-state index in [2.05, 4.69) is 32.3 Å².